The van der Waals surface area contributed by atoms with Gasteiger partial charge >= 0.3 is 5.97 Å². The molecule has 0 aliphatic rings. The predicted molar refractivity (Wildman–Crippen MR) is 103 cm³/mol. The van der Waals surface area contributed by atoms with E-state index in [0.29, 0.717) is 11.2 Å². The highest BCUT2D eigenvalue weighted by atomic mass is 19.1. The fourth-order valence-electron chi connectivity index (χ4n) is 2.97. The van der Waals surface area contributed by atoms with Crippen LogP contribution in [0.4, 0.5) is 10.1 Å². The van der Waals surface area contributed by atoms with Gasteiger partial charge in [-0.2, -0.15) is 5.26 Å². The molecule has 1 heterocycles. The SMILES string of the molecule is CN(C(=O)/C(C#N)=C/c1cn(CC(=O)O)c2cccc(F)c12)c1ccccc1. The molecule has 28 heavy (non-hydrogen) atoms. The molecule has 0 radical (unpaired) electrons. The van der Waals surface area contributed by atoms with Crippen molar-refractivity contribution < 1.29 is 19.1 Å². The lowest BCUT2D eigenvalue weighted by Gasteiger charge is -2.16. The lowest BCUT2D eigenvalue weighted by atomic mass is 10.1. The van der Waals surface area contributed by atoms with Crippen LogP contribution in [0.2, 0.25) is 0 Å². The highest BCUT2D eigenvalue weighted by Crippen LogP contribution is 2.27. The normalized spacial score (nSPS) is 11.2. The number of nitrogens with zero attached hydrogens (tertiary/aromatic N) is 3. The summed E-state index contributed by atoms with van der Waals surface area (Å²) in [5.74, 6) is -2.20. The number of amides is 1. The average molecular weight is 377 g/mol. The van der Waals surface area contributed by atoms with Crippen molar-refractivity contribution in [1.29, 1.82) is 5.26 Å². The highest BCUT2D eigenvalue weighted by Gasteiger charge is 2.19. The summed E-state index contributed by atoms with van der Waals surface area (Å²) in [6, 6.07) is 15.0. The molecule has 0 aliphatic carbocycles. The number of hydrogen-bond donors (Lipinski definition) is 1. The van der Waals surface area contributed by atoms with Gasteiger partial charge in [-0.1, -0.05) is 24.3 Å². The molecular formula is C21H16FN3O3. The first-order valence-corrected chi connectivity index (χ1v) is 8.36. The number of hydrogen-bond acceptors (Lipinski definition) is 3. The molecule has 0 unspecified atom stereocenters. The topological polar surface area (TPSA) is 86.3 Å². The standard InChI is InChI=1S/C21H16FN3O3/c1-24(16-6-3-2-4-7-16)21(28)14(11-23)10-15-12-25(13-19(26)27)18-9-5-8-17(22)20(15)18/h2-10,12H,13H2,1H3,(H,26,27)/b14-10+. The van der Waals surface area contributed by atoms with Gasteiger partial charge in [-0.05, 0) is 30.3 Å². The average Bonchev–Trinajstić information content (AvgIpc) is 3.03. The van der Waals surface area contributed by atoms with Gasteiger partial charge in [0.1, 0.15) is 24.0 Å². The van der Waals surface area contributed by atoms with Crippen LogP contribution in [0.5, 0.6) is 0 Å². The van der Waals surface area contributed by atoms with Gasteiger partial charge in [-0.25, -0.2) is 4.39 Å². The molecule has 0 spiro atoms. The van der Waals surface area contributed by atoms with Crippen LogP contribution in [0.15, 0.2) is 60.3 Å². The third-order valence-corrected chi connectivity index (χ3v) is 4.29. The van der Waals surface area contributed by atoms with E-state index >= 15 is 0 Å². The van der Waals surface area contributed by atoms with E-state index in [2.05, 4.69) is 0 Å². The number of carbonyl (C=O) groups excluding carboxylic acids is 1. The Morgan fingerprint density at radius 2 is 1.93 bits per heavy atom. The molecule has 0 saturated heterocycles. The fourth-order valence-corrected chi connectivity index (χ4v) is 2.97. The molecule has 0 fully saturated rings. The fraction of sp³-hybridized carbons (Fsp3) is 0.0952. The van der Waals surface area contributed by atoms with Crippen molar-refractivity contribution in [2.45, 2.75) is 6.54 Å². The van der Waals surface area contributed by atoms with E-state index in [-0.39, 0.29) is 23.1 Å². The lowest BCUT2D eigenvalue weighted by molar-refractivity contribution is -0.137. The maximum atomic E-state index is 14.4. The van der Waals surface area contributed by atoms with Crippen molar-refractivity contribution in [3.05, 3.63) is 71.7 Å². The zero-order valence-electron chi connectivity index (χ0n) is 15.0. The lowest BCUT2D eigenvalue weighted by Crippen LogP contribution is -2.27. The molecule has 1 aromatic heterocycles. The van der Waals surface area contributed by atoms with E-state index < -0.39 is 17.7 Å². The van der Waals surface area contributed by atoms with Gasteiger partial charge in [0.2, 0.25) is 0 Å². The number of nitriles is 1. The minimum absolute atomic E-state index is 0.159. The number of aliphatic carboxylic acids is 1. The van der Waals surface area contributed by atoms with Crippen molar-refractivity contribution in [2.75, 3.05) is 11.9 Å². The molecule has 0 bridgehead atoms. The van der Waals surface area contributed by atoms with E-state index in [1.54, 1.807) is 30.3 Å². The molecule has 2 aromatic carbocycles. The number of para-hydroxylation sites is 1. The molecule has 0 saturated carbocycles. The van der Waals surface area contributed by atoms with Crippen molar-refractivity contribution >= 4 is 34.5 Å². The third-order valence-electron chi connectivity index (χ3n) is 4.29. The Labute approximate surface area is 160 Å². The summed E-state index contributed by atoms with van der Waals surface area (Å²) >= 11 is 0. The Kier molecular flexibility index (Phi) is 5.23. The Morgan fingerprint density at radius 3 is 2.57 bits per heavy atom. The van der Waals surface area contributed by atoms with E-state index in [1.165, 1.54) is 40.9 Å². The summed E-state index contributed by atoms with van der Waals surface area (Å²) in [5, 5.41) is 18.7. The number of fused-ring (bicyclic) bond motifs is 1. The quantitative estimate of drug-likeness (QED) is 0.545. The number of carboxylic acids is 1. The highest BCUT2D eigenvalue weighted by molar-refractivity contribution is 6.11. The summed E-state index contributed by atoms with van der Waals surface area (Å²) in [6.07, 6.45) is 2.71. The molecule has 7 heteroatoms. The number of likely N-dealkylation sites (N-methyl/N-ethyl adjacent to an activating group) is 1. The molecular weight excluding hydrogens is 361 g/mol. The number of carbonyl (C=O) groups is 2. The Balaban J connectivity index is 2.08. The van der Waals surface area contributed by atoms with Crippen LogP contribution in [-0.4, -0.2) is 28.6 Å². The second kappa shape index (κ2) is 7.76. The molecule has 3 rings (SSSR count). The van der Waals surface area contributed by atoms with Gasteiger partial charge in [0.25, 0.3) is 5.91 Å². The van der Waals surface area contributed by atoms with Crippen LogP contribution in [0, 0.1) is 17.1 Å². The van der Waals surface area contributed by atoms with Gasteiger partial charge in [-0.3, -0.25) is 9.59 Å². The second-order valence-electron chi connectivity index (χ2n) is 6.11. The molecule has 1 amide bonds. The van der Waals surface area contributed by atoms with Crippen molar-refractivity contribution in [3.8, 4) is 6.07 Å². The van der Waals surface area contributed by atoms with Crippen LogP contribution >= 0.6 is 0 Å². The van der Waals surface area contributed by atoms with Crippen molar-refractivity contribution in [1.82, 2.24) is 4.57 Å². The summed E-state index contributed by atoms with van der Waals surface area (Å²) in [5.41, 5.74) is 1.05. The minimum atomic E-state index is -1.09. The second-order valence-corrected chi connectivity index (χ2v) is 6.11. The summed E-state index contributed by atoms with van der Waals surface area (Å²) in [6.45, 7) is -0.368. The first-order valence-electron chi connectivity index (χ1n) is 8.36. The van der Waals surface area contributed by atoms with Crippen LogP contribution in [0.3, 0.4) is 0 Å². The molecule has 0 atom stereocenters. The van der Waals surface area contributed by atoms with Crippen LogP contribution < -0.4 is 4.90 Å². The minimum Gasteiger partial charge on any atom is -0.480 e. The Bertz CT molecular complexity index is 1130. The zero-order valence-corrected chi connectivity index (χ0v) is 15.0. The van der Waals surface area contributed by atoms with Crippen LogP contribution in [0.25, 0.3) is 17.0 Å². The van der Waals surface area contributed by atoms with Gasteiger partial charge in [0, 0.05) is 29.9 Å². The largest absolute Gasteiger partial charge is 0.480 e. The number of rotatable bonds is 5. The van der Waals surface area contributed by atoms with Gasteiger partial charge in [-0.15, -0.1) is 0 Å². The number of benzene rings is 2. The molecule has 6 nitrogen and oxygen atoms in total. The number of anilines is 1. The van der Waals surface area contributed by atoms with E-state index in [4.69, 9.17) is 5.11 Å². The van der Waals surface area contributed by atoms with Crippen molar-refractivity contribution in [2.24, 2.45) is 0 Å². The third kappa shape index (κ3) is 3.62. The van der Waals surface area contributed by atoms with E-state index in [9.17, 15) is 19.2 Å². The number of carboxylic acid groups (broad SMARTS) is 1. The molecule has 1 N–H and O–H groups in total. The first-order chi connectivity index (χ1) is 13.4. The summed E-state index contributed by atoms with van der Waals surface area (Å²) in [4.78, 5) is 25.1. The first kappa shape index (κ1) is 18.9. The number of aromatic nitrogens is 1. The Morgan fingerprint density at radius 1 is 1.21 bits per heavy atom. The molecule has 0 aliphatic heterocycles. The maximum Gasteiger partial charge on any atom is 0.323 e. The van der Waals surface area contributed by atoms with Gasteiger partial charge in [0.15, 0.2) is 0 Å². The molecule has 3 aromatic rings. The van der Waals surface area contributed by atoms with E-state index in [0.717, 1.165) is 0 Å². The maximum absolute atomic E-state index is 14.4. The van der Waals surface area contributed by atoms with Crippen LogP contribution in [-0.2, 0) is 16.1 Å². The number of halogens is 1. The Hall–Kier alpha value is -3.92. The van der Waals surface area contributed by atoms with Crippen LogP contribution in [0.1, 0.15) is 5.56 Å². The van der Waals surface area contributed by atoms with Gasteiger partial charge < -0.3 is 14.6 Å². The van der Waals surface area contributed by atoms with Crippen molar-refractivity contribution in [3.63, 3.8) is 0 Å². The predicted octanol–water partition coefficient (Wildman–Crippen LogP) is 3.43. The monoisotopic (exact) mass is 377 g/mol. The summed E-state index contributed by atoms with van der Waals surface area (Å²) < 4.78 is 15.8. The van der Waals surface area contributed by atoms with Gasteiger partial charge in [0.05, 0.1) is 5.52 Å². The zero-order chi connectivity index (χ0) is 20.3. The summed E-state index contributed by atoms with van der Waals surface area (Å²) in [7, 11) is 1.54. The molecule has 140 valence electrons. The van der Waals surface area contributed by atoms with E-state index in [1.807, 2.05) is 12.1 Å². The smallest absolute Gasteiger partial charge is 0.323 e.